The minimum absolute atomic E-state index is 0.236. The number of likely N-dealkylation sites (tertiary alicyclic amines) is 1. The van der Waals surface area contributed by atoms with E-state index in [0.717, 1.165) is 18.6 Å². The monoisotopic (exact) mass is 198 g/mol. The highest BCUT2D eigenvalue weighted by Gasteiger charge is 2.29. The van der Waals surface area contributed by atoms with E-state index >= 15 is 0 Å². The number of nitrogens with one attached hydrogen (secondary N) is 1. The lowest BCUT2D eigenvalue weighted by molar-refractivity contribution is 0.0756. The van der Waals surface area contributed by atoms with Crippen LogP contribution >= 0.6 is 0 Å². The first-order valence-corrected chi connectivity index (χ1v) is 5.91. The van der Waals surface area contributed by atoms with Crippen LogP contribution in [0.25, 0.3) is 0 Å². The number of hydrogen-bond acceptors (Lipinski definition) is 2. The molecule has 0 spiro atoms. The highest BCUT2D eigenvalue weighted by atomic mass is 15.2. The molecule has 2 heteroatoms. The molecule has 84 valence electrons. The quantitative estimate of drug-likeness (QED) is 0.748. The first-order chi connectivity index (χ1) is 6.46. The van der Waals surface area contributed by atoms with E-state index in [4.69, 9.17) is 0 Å². The van der Waals surface area contributed by atoms with E-state index in [0.29, 0.717) is 0 Å². The molecule has 1 aliphatic heterocycles. The zero-order chi connectivity index (χ0) is 10.8. The van der Waals surface area contributed by atoms with Crippen LogP contribution in [0.3, 0.4) is 0 Å². The number of likely N-dealkylation sites (N-methyl/N-ethyl adjacent to an activating group) is 1. The fraction of sp³-hybridized carbons (Fsp3) is 1.00. The summed E-state index contributed by atoms with van der Waals surface area (Å²) in [5.74, 6) is 0. The zero-order valence-electron chi connectivity index (χ0n) is 10.4. The third kappa shape index (κ3) is 2.96. The van der Waals surface area contributed by atoms with Gasteiger partial charge in [-0.3, -0.25) is 4.90 Å². The van der Waals surface area contributed by atoms with Crippen molar-refractivity contribution in [3.8, 4) is 0 Å². The Hall–Kier alpha value is -0.0800. The van der Waals surface area contributed by atoms with Crippen molar-refractivity contribution in [2.75, 3.05) is 13.6 Å². The third-order valence-corrected chi connectivity index (χ3v) is 3.63. The lowest BCUT2D eigenvalue weighted by atomic mass is 9.94. The summed E-state index contributed by atoms with van der Waals surface area (Å²) in [4.78, 5) is 2.65. The molecule has 0 aromatic carbocycles. The summed E-state index contributed by atoms with van der Waals surface area (Å²) in [5.41, 5.74) is 0.236. The lowest BCUT2D eigenvalue weighted by Gasteiger charge is -2.43. The van der Waals surface area contributed by atoms with Crippen molar-refractivity contribution in [2.45, 2.75) is 64.6 Å². The van der Waals surface area contributed by atoms with Crippen LogP contribution < -0.4 is 5.32 Å². The maximum Gasteiger partial charge on any atom is 0.0249 e. The van der Waals surface area contributed by atoms with Crippen LogP contribution in [-0.2, 0) is 0 Å². The second-order valence-electron chi connectivity index (χ2n) is 5.44. The van der Waals surface area contributed by atoms with Gasteiger partial charge in [-0.1, -0.05) is 6.42 Å². The van der Waals surface area contributed by atoms with Gasteiger partial charge in [-0.25, -0.2) is 0 Å². The van der Waals surface area contributed by atoms with Crippen LogP contribution in [-0.4, -0.2) is 36.1 Å². The average molecular weight is 198 g/mol. The molecule has 0 saturated carbocycles. The first kappa shape index (κ1) is 12.0. The van der Waals surface area contributed by atoms with Gasteiger partial charge in [0, 0.05) is 24.2 Å². The number of rotatable bonds is 3. The molecule has 1 heterocycles. The van der Waals surface area contributed by atoms with Crippen molar-refractivity contribution < 1.29 is 0 Å². The van der Waals surface area contributed by atoms with E-state index in [9.17, 15) is 0 Å². The average Bonchev–Trinajstić information content (AvgIpc) is 2.12. The lowest BCUT2D eigenvalue weighted by Crippen LogP contribution is -2.54. The zero-order valence-corrected chi connectivity index (χ0v) is 10.4. The Kier molecular flexibility index (Phi) is 3.96. The predicted molar refractivity (Wildman–Crippen MR) is 62.6 cm³/mol. The minimum atomic E-state index is 0.236. The molecule has 1 saturated heterocycles. The summed E-state index contributed by atoms with van der Waals surface area (Å²) < 4.78 is 0. The normalized spacial score (nSPS) is 30.6. The molecule has 0 aromatic rings. The highest BCUT2D eigenvalue weighted by molar-refractivity contribution is 4.87. The fourth-order valence-corrected chi connectivity index (χ4v) is 2.32. The fourth-order valence-electron chi connectivity index (χ4n) is 2.32. The van der Waals surface area contributed by atoms with Gasteiger partial charge in [0.05, 0.1) is 0 Å². The molecule has 0 amide bonds. The van der Waals surface area contributed by atoms with Crippen LogP contribution in [0.5, 0.6) is 0 Å². The Bertz CT molecular complexity index is 167. The van der Waals surface area contributed by atoms with Gasteiger partial charge in [0.25, 0.3) is 0 Å². The smallest absolute Gasteiger partial charge is 0.0249 e. The molecule has 0 aliphatic carbocycles. The number of nitrogens with zero attached hydrogens (tertiary/aromatic N) is 1. The molecule has 1 aliphatic rings. The number of piperidine rings is 1. The van der Waals surface area contributed by atoms with Crippen molar-refractivity contribution in [1.29, 1.82) is 0 Å². The van der Waals surface area contributed by atoms with E-state index in [1.54, 1.807) is 0 Å². The van der Waals surface area contributed by atoms with Gasteiger partial charge in [0.1, 0.15) is 0 Å². The van der Waals surface area contributed by atoms with E-state index < -0.39 is 0 Å². The van der Waals surface area contributed by atoms with Crippen LogP contribution in [0.2, 0.25) is 0 Å². The molecule has 1 N–H and O–H groups in total. The maximum atomic E-state index is 3.39. The maximum absolute atomic E-state index is 3.39. The summed E-state index contributed by atoms with van der Waals surface area (Å²) in [6.07, 6.45) is 4.13. The van der Waals surface area contributed by atoms with E-state index in [-0.39, 0.29) is 5.54 Å². The van der Waals surface area contributed by atoms with Gasteiger partial charge < -0.3 is 5.32 Å². The molecular weight excluding hydrogens is 172 g/mol. The Balaban J connectivity index is 2.56. The first-order valence-electron chi connectivity index (χ1n) is 5.91. The summed E-state index contributed by atoms with van der Waals surface area (Å²) in [5, 5.41) is 3.39. The summed E-state index contributed by atoms with van der Waals surface area (Å²) in [6, 6.07) is 1.51. The van der Waals surface area contributed by atoms with Crippen LogP contribution in [0.4, 0.5) is 0 Å². The second-order valence-corrected chi connectivity index (χ2v) is 5.44. The standard InChI is InChI=1S/C12H26N2/c1-10-7-6-8-11(2)14(10)9-12(3,4)13-5/h10-11,13H,6-9H2,1-5H3/t10-,11+. The van der Waals surface area contributed by atoms with Crippen molar-refractivity contribution in [3.63, 3.8) is 0 Å². The van der Waals surface area contributed by atoms with Crippen LogP contribution in [0.15, 0.2) is 0 Å². The molecule has 1 rings (SSSR count). The third-order valence-electron chi connectivity index (χ3n) is 3.63. The van der Waals surface area contributed by atoms with Gasteiger partial charge in [-0.2, -0.15) is 0 Å². The van der Waals surface area contributed by atoms with Gasteiger partial charge >= 0.3 is 0 Å². The Morgan fingerprint density at radius 3 is 2.14 bits per heavy atom. The largest absolute Gasteiger partial charge is 0.314 e. The molecule has 0 radical (unpaired) electrons. The van der Waals surface area contributed by atoms with Crippen molar-refractivity contribution >= 4 is 0 Å². The summed E-state index contributed by atoms with van der Waals surface area (Å²) in [7, 11) is 2.05. The Labute approximate surface area is 89.1 Å². The SMILES string of the molecule is CNC(C)(C)CN1[C@H](C)CCC[C@@H]1C. The van der Waals surface area contributed by atoms with Gasteiger partial charge in [0.15, 0.2) is 0 Å². The summed E-state index contributed by atoms with van der Waals surface area (Å²) in [6.45, 7) is 10.4. The molecule has 2 atom stereocenters. The van der Waals surface area contributed by atoms with Gasteiger partial charge in [-0.05, 0) is 47.6 Å². The summed E-state index contributed by atoms with van der Waals surface area (Å²) >= 11 is 0. The molecule has 0 bridgehead atoms. The van der Waals surface area contributed by atoms with Crippen LogP contribution in [0, 0.1) is 0 Å². The second kappa shape index (κ2) is 4.63. The van der Waals surface area contributed by atoms with Crippen molar-refractivity contribution in [1.82, 2.24) is 10.2 Å². The Morgan fingerprint density at radius 2 is 1.71 bits per heavy atom. The van der Waals surface area contributed by atoms with E-state index in [1.165, 1.54) is 19.3 Å². The molecule has 2 nitrogen and oxygen atoms in total. The van der Waals surface area contributed by atoms with Gasteiger partial charge in [-0.15, -0.1) is 0 Å². The van der Waals surface area contributed by atoms with E-state index in [1.807, 2.05) is 0 Å². The predicted octanol–water partition coefficient (Wildman–Crippen LogP) is 2.25. The highest BCUT2D eigenvalue weighted by Crippen LogP contribution is 2.24. The van der Waals surface area contributed by atoms with Crippen molar-refractivity contribution in [3.05, 3.63) is 0 Å². The minimum Gasteiger partial charge on any atom is -0.314 e. The Morgan fingerprint density at radius 1 is 1.21 bits per heavy atom. The topological polar surface area (TPSA) is 15.3 Å². The molecule has 14 heavy (non-hydrogen) atoms. The van der Waals surface area contributed by atoms with E-state index in [2.05, 4.69) is 45.0 Å². The van der Waals surface area contributed by atoms with Gasteiger partial charge in [0.2, 0.25) is 0 Å². The molecule has 0 aromatic heterocycles. The molecular formula is C12H26N2. The molecule has 1 fully saturated rings. The number of hydrogen-bond donors (Lipinski definition) is 1. The molecule has 0 unspecified atom stereocenters. The van der Waals surface area contributed by atoms with Crippen LogP contribution in [0.1, 0.15) is 47.0 Å². The van der Waals surface area contributed by atoms with Crippen molar-refractivity contribution in [2.24, 2.45) is 0 Å².